The molecule has 7 heteroatoms. The second kappa shape index (κ2) is 7.51. The third kappa shape index (κ3) is 3.92. The summed E-state index contributed by atoms with van der Waals surface area (Å²) in [4.78, 5) is 28.2. The highest BCUT2D eigenvalue weighted by molar-refractivity contribution is 5.78. The number of hydrogen-bond donors (Lipinski definition) is 1. The first-order valence-electron chi connectivity index (χ1n) is 7.92. The molecule has 3 heterocycles. The Labute approximate surface area is 130 Å². The van der Waals surface area contributed by atoms with Crippen molar-refractivity contribution in [2.45, 2.75) is 38.4 Å². The Balaban J connectivity index is 1.49. The molecule has 2 aliphatic rings. The minimum Gasteiger partial charge on any atom is -0.350 e. The molecule has 3 rings (SSSR count). The lowest BCUT2D eigenvalue weighted by Gasteiger charge is -2.32. The SMILES string of the molecule is O=C(NOC1CCCCO1)C1CCCN(c2ncccn2)C1. The van der Waals surface area contributed by atoms with E-state index in [-0.39, 0.29) is 18.1 Å². The summed E-state index contributed by atoms with van der Waals surface area (Å²) in [6.07, 6.45) is 7.88. The van der Waals surface area contributed by atoms with E-state index < -0.39 is 0 Å². The quantitative estimate of drug-likeness (QED) is 0.844. The largest absolute Gasteiger partial charge is 0.350 e. The van der Waals surface area contributed by atoms with Gasteiger partial charge in [0.25, 0.3) is 0 Å². The number of rotatable bonds is 4. The molecule has 0 aromatic carbocycles. The lowest BCUT2D eigenvalue weighted by atomic mass is 9.98. The molecule has 1 amide bonds. The first-order chi connectivity index (χ1) is 10.8. The third-order valence-corrected chi connectivity index (χ3v) is 4.06. The molecule has 22 heavy (non-hydrogen) atoms. The molecular weight excluding hydrogens is 284 g/mol. The van der Waals surface area contributed by atoms with E-state index in [1.165, 1.54) is 0 Å². The maximum absolute atomic E-state index is 12.3. The van der Waals surface area contributed by atoms with Gasteiger partial charge in [0, 0.05) is 38.5 Å². The van der Waals surface area contributed by atoms with E-state index in [9.17, 15) is 4.79 Å². The van der Waals surface area contributed by atoms with E-state index in [4.69, 9.17) is 9.57 Å². The molecule has 0 bridgehead atoms. The van der Waals surface area contributed by atoms with Crippen molar-refractivity contribution in [1.29, 1.82) is 0 Å². The molecule has 2 aliphatic heterocycles. The van der Waals surface area contributed by atoms with Gasteiger partial charge in [-0.3, -0.25) is 4.79 Å². The molecule has 1 aromatic rings. The standard InChI is InChI=1S/C15H22N4O3/c20-14(18-22-13-6-1-2-10-21-13)12-5-3-9-19(11-12)15-16-7-4-8-17-15/h4,7-8,12-13H,1-3,5-6,9-11H2,(H,18,20). The monoisotopic (exact) mass is 306 g/mol. The highest BCUT2D eigenvalue weighted by Gasteiger charge is 2.28. The Hall–Kier alpha value is -1.73. The summed E-state index contributed by atoms with van der Waals surface area (Å²) in [6, 6.07) is 1.79. The van der Waals surface area contributed by atoms with Crippen LogP contribution in [0.15, 0.2) is 18.5 Å². The number of amides is 1. The van der Waals surface area contributed by atoms with Crippen molar-refractivity contribution in [2.75, 3.05) is 24.6 Å². The van der Waals surface area contributed by atoms with Gasteiger partial charge >= 0.3 is 0 Å². The van der Waals surface area contributed by atoms with Crippen LogP contribution in [0.2, 0.25) is 0 Å². The Kier molecular flexibility index (Phi) is 5.18. The lowest BCUT2D eigenvalue weighted by Crippen LogP contribution is -2.45. The van der Waals surface area contributed by atoms with Crippen LogP contribution in [0.5, 0.6) is 0 Å². The van der Waals surface area contributed by atoms with Gasteiger partial charge in [-0.15, -0.1) is 0 Å². The summed E-state index contributed by atoms with van der Waals surface area (Å²) in [5.41, 5.74) is 2.56. The number of hydrogen-bond acceptors (Lipinski definition) is 6. The zero-order valence-electron chi connectivity index (χ0n) is 12.6. The Morgan fingerprint density at radius 3 is 2.91 bits per heavy atom. The molecule has 2 atom stereocenters. The van der Waals surface area contributed by atoms with E-state index >= 15 is 0 Å². The highest BCUT2D eigenvalue weighted by Crippen LogP contribution is 2.20. The molecule has 2 saturated heterocycles. The smallest absolute Gasteiger partial charge is 0.248 e. The fourth-order valence-corrected chi connectivity index (χ4v) is 2.84. The predicted octanol–water partition coefficient (Wildman–Crippen LogP) is 1.27. The van der Waals surface area contributed by atoms with E-state index in [1.54, 1.807) is 18.5 Å². The third-order valence-electron chi connectivity index (χ3n) is 4.06. The number of aromatic nitrogens is 2. The summed E-state index contributed by atoms with van der Waals surface area (Å²) in [5, 5.41) is 0. The van der Waals surface area contributed by atoms with E-state index in [0.29, 0.717) is 19.1 Å². The van der Waals surface area contributed by atoms with Gasteiger partial charge < -0.3 is 9.64 Å². The molecule has 7 nitrogen and oxygen atoms in total. The van der Waals surface area contributed by atoms with Gasteiger partial charge in [-0.05, 0) is 31.7 Å². The molecule has 1 aromatic heterocycles. The first-order valence-corrected chi connectivity index (χ1v) is 7.92. The van der Waals surface area contributed by atoms with E-state index in [2.05, 4.69) is 15.4 Å². The number of nitrogens with zero attached hydrogens (tertiary/aromatic N) is 3. The molecule has 0 saturated carbocycles. The fourth-order valence-electron chi connectivity index (χ4n) is 2.84. The fraction of sp³-hybridized carbons (Fsp3) is 0.667. The number of piperidine rings is 1. The van der Waals surface area contributed by atoms with Crippen molar-refractivity contribution >= 4 is 11.9 Å². The molecule has 0 aliphatic carbocycles. The number of anilines is 1. The summed E-state index contributed by atoms with van der Waals surface area (Å²) < 4.78 is 5.44. The molecule has 2 fully saturated rings. The topological polar surface area (TPSA) is 76.6 Å². The van der Waals surface area contributed by atoms with Crippen LogP contribution in [-0.2, 0) is 14.4 Å². The van der Waals surface area contributed by atoms with Crippen molar-refractivity contribution in [3.05, 3.63) is 18.5 Å². The van der Waals surface area contributed by atoms with Crippen molar-refractivity contribution in [2.24, 2.45) is 5.92 Å². The number of nitrogens with one attached hydrogen (secondary N) is 1. The average molecular weight is 306 g/mol. The Morgan fingerprint density at radius 1 is 1.27 bits per heavy atom. The lowest BCUT2D eigenvalue weighted by molar-refractivity contribution is -0.202. The molecule has 0 spiro atoms. The van der Waals surface area contributed by atoms with Crippen LogP contribution >= 0.6 is 0 Å². The number of carbonyl (C=O) groups excluding carboxylic acids is 1. The van der Waals surface area contributed by atoms with Gasteiger partial charge in [0.05, 0.1) is 5.92 Å². The molecule has 1 N–H and O–H groups in total. The van der Waals surface area contributed by atoms with E-state index in [0.717, 1.165) is 38.6 Å². The average Bonchev–Trinajstić information content (AvgIpc) is 2.61. The van der Waals surface area contributed by atoms with Gasteiger partial charge in [-0.1, -0.05) is 0 Å². The van der Waals surface area contributed by atoms with Crippen LogP contribution in [0.3, 0.4) is 0 Å². The minimum absolute atomic E-state index is 0.0881. The van der Waals surface area contributed by atoms with Gasteiger partial charge in [0.2, 0.25) is 11.9 Å². The van der Waals surface area contributed by atoms with Gasteiger partial charge in [-0.2, -0.15) is 0 Å². The molecule has 2 unspecified atom stereocenters. The Morgan fingerprint density at radius 2 is 2.14 bits per heavy atom. The number of hydroxylamine groups is 1. The van der Waals surface area contributed by atoms with Crippen LogP contribution in [0.4, 0.5) is 5.95 Å². The molecular formula is C15H22N4O3. The van der Waals surface area contributed by atoms with Gasteiger partial charge in [0.1, 0.15) is 0 Å². The normalized spacial score (nSPS) is 25.7. The van der Waals surface area contributed by atoms with Crippen molar-refractivity contribution in [3.63, 3.8) is 0 Å². The van der Waals surface area contributed by atoms with Gasteiger partial charge in [-0.25, -0.2) is 20.3 Å². The number of carbonyl (C=O) groups is 1. The summed E-state index contributed by atoms with van der Waals surface area (Å²) in [6.45, 7) is 2.19. The van der Waals surface area contributed by atoms with E-state index in [1.807, 2.05) is 4.90 Å². The zero-order chi connectivity index (χ0) is 15.2. The molecule has 0 radical (unpaired) electrons. The summed E-state index contributed by atoms with van der Waals surface area (Å²) >= 11 is 0. The second-order valence-corrected chi connectivity index (χ2v) is 5.71. The maximum atomic E-state index is 12.3. The first kappa shape index (κ1) is 15.2. The summed E-state index contributed by atoms with van der Waals surface area (Å²) in [5.74, 6) is 0.479. The Bertz CT molecular complexity index is 479. The number of ether oxygens (including phenoxy) is 1. The second-order valence-electron chi connectivity index (χ2n) is 5.71. The van der Waals surface area contributed by atoms with Crippen LogP contribution in [0.25, 0.3) is 0 Å². The van der Waals surface area contributed by atoms with Crippen molar-refractivity contribution < 1.29 is 14.4 Å². The van der Waals surface area contributed by atoms with Crippen LogP contribution in [0.1, 0.15) is 32.1 Å². The van der Waals surface area contributed by atoms with Gasteiger partial charge in [0.15, 0.2) is 6.29 Å². The van der Waals surface area contributed by atoms with Crippen molar-refractivity contribution in [1.82, 2.24) is 15.4 Å². The van der Waals surface area contributed by atoms with Crippen LogP contribution in [-0.4, -0.2) is 41.9 Å². The zero-order valence-corrected chi connectivity index (χ0v) is 12.6. The summed E-state index contributed by atoms with van der Waals surface area (Å²) in [7, 11) is 0. The minimum atomic E-state index is -0.310. The van der Waals surface area contributed by atoms with Crippen LogP contribution in [0, 0.1) is 5.92 Å². The highest BCUT2D eigenvalue weighted by atomic mass is 16.8. The molecule has 120 valence electrons. The van der Waals surface area contributed by atoms with Crippen molar-refractivity contribution in [3.8, 4) is 0 Å². The predicted molar refractivity (Wildman–Crippen MR) is 79.8 cm³/mol. The van der Waals surface area contributed by atoms with Crippen LogP contribution < -0.4 is 10.4 Å². The maximum Gasteiger partial charge on any atom is 0.248 e.